The van der Waals surface area contributed by atoms with Gasteiger partial charge in [-0.15, -0.1) is 0 Å². The van der Waals surface area contributed by atoms with E-state index >= 15 is 0 Å². The summed E-state index contributed by atoms with van der Waals surface area (Å²) < 4.78 is 26.3. The molecule has 0 radical (unpaired) electrons. The van der Waals surface area contributed by atoms with Gasteiger partial charge >= 0.3 is 5.97 Å². The number of hydrogen-bond donors (Lipinski definition) is 2. The highest BCUT2D eigenvalue weighted by Crippen LogP contribution is 2.22. The number of carbonyl (C=O) groups is 1. The predicted octanol–water partition coefficient (Wildman–Crippen LogP) is 3.36. The van der Waals surface area contributed by atoms with E-state index in [4.69, 9.17) is 10.8 Å². The highest BCUT2D eigenvalue weighted by Gasteiger charge is 2.20. The van der Waals surface area contributed by atoms with Crippen LogP contribution in [-0.2, 0) is 11.2 Å². The van der Waals surface area contributed by atoms with Crippen LogP contribution in [0.5, 0.6) is 0 Å². The second-order valence-electron chi connectivity index (χ2n) is 5.41. The third-order valence-corrected chi connectivity index (χ3v) is 3.90. The zero-order valence-corrected chi connectivity index (χ0v) is 12.3. The highest BCUT2D eigenvalue weighted by atomic mass is 19.1. The standard InChI is InChI=1S/C16H23F2NO2/c1-2-11(8-13(10-19)16(20)21)4-3-5-12-6-7-14(17)9-15(12)18/h6-7,9,11,13H,2-5,8,10,19H2,1H3,(H,20,21)/t11-,13+/m0/s1. The molecule has 0 aromatic heterocycles. The van der Waals surface area contributed by atoms with Crippen LogP contribution in [0.15, 0.2) is 18.2 Å². The Kier molecular flexibility index (Phi) is 7.29. The Labute approximate surface area is 124 Å². The summed E-state index contributed by atoms with van der Waals surface area (Å²) in [4.78, 5) is 11.0. The van der Waals surface area contributed by atoms with Gasteiger partial charge in [-0.2, -0.15) is 0 Å². The first kappa shape index (κ1) is 17.6. The van der Waals surface area contributed by atoms with Gasteiger partial charge in [-0.1, -0.05) is 25.8 Å². The van der Waals surface area contributed by atoms with Gasteiger partial charge in [0.25, 0.3) is 0 Å². The van der Waals surface area contributed by atoms with Crippen molar-refractivity contribution in [1.29, 1.82) is 0 Å². The van der Waals surface area contributed by atoms with Gasteiger partial charge in [-0.3, -0.25) is 4.79 Å². The van der Waals surface area contributed by atoms with Gasteiger partial charge in [0.15, 0.2) is 0 Å². The van der Waals surface area contributed by atoms with Gasteiger partial charge in [0.1, 0.15) is 11.6 Å². The first-order valence-electron chi connectivity index (χ1n) is 7.34. The van der Waals surface area contributed by atoms with E-state index in [1.165, 1.54) is 12.1 Å². The zero-order valence-electron chi connectivity index (χ0n) is 12.3. The summed E-state index contributed by atoms with van der Waals surface area (Å²) in [6.45, 7) is 2.15. The lowest BCUT2D eigenvalue weighted by Gasteiger charge is -2.18. The van der Waals surface area contributed by atoms with Crippen molar-refractivity contribution in [3.8, 4) is 0 Å². The van der Waals surface area contributed by atoms with Crippen LogP contribution in [0.2, 0.25) is 0 Å². The molecule has 1 rings (SSSR count). The third kappa shape index (κ3) is 5.79. The molecule has 0 aliphatic heterocycles. The topological polar surface area (TPSA) is 63.3 Å². The van der Waals surface area contributed by atoms with Crippen molar-refractivity contribution in [2.45, 2.75) is 39.0 Å². The Morgan fingerprint density at radius 1 is 1.38 bits per heavy atom. The minimum atomic E-state index is -0.861. The summed E-state index contributed by atoms with van der Waals surface area (Å²) in [5.74, 6) is -2.21. The van der Waals surface area contributed by atoms with E-state index in [1.54, 1.807) is 0 Å². The van der Waals surface area contributed by atoms with Crippen LogP contribution in [0.4, 0.5) is 8.78 Å². The van der Waals surface area contributed by atoms with Crippen molar-refractivity contribution in [3.63, 3.8) is 0 Å². The molecule has 0 heterocycles. The number of aliphatic carboxylic acids is 1. The molecule has 3 nitrogen and oxygen atoms in total. The fourth-order valence-corrected chi connectivity index (χ4v) is 2.49. The molecule has 1 aromatic rings. The summed E-state index contributed by atoms with van der Waals surface area (Å²) >= 11 is 0. The first-order valence-corrected chi connectivity index (χ1v) is 7.34. The van der Waals surface area contributed by atoms with E-state index in [9.17, 15) is 13.6 Å². The molecule has 0 aliphatic rings. The molecule has 2 atom stereocenters. The number of benzene rings is 1. The van der Waals surface area contributed by atoms with E-state index in [-0.39, 0.29) is 12.5 Å². The third-order valence-electron chi connectivity index (χ3n) is 3.90. The molecule has 0 spiro atoms. The van der Waals surface area contributed by atoms with E-state index in [0.717, 1.165) is 25.3 Å². The summed E-state index contributed by atoms with van der Waals surface area (Å²) in [7, 11) is 0. The monoisotopic (exact) mass is 299 g/mol. The Bertz CT molecular complexity index is 466. The molecule has 118 valence electrons. The molecule has 0 unspecified atom stereocenters. The van der Waals surface area contributed by atoms with E-state index < -0.39 is 23.5 Å². The molecular formula is C16H23F2NO2. The number of hydrogen-bond acceptors (Lipinski definition) is 2. The number of rotatable bonds is 9. The van der Waals surface area contributed by atoms with Gasteiger partial charge in [0.2, 0.25) is 0 Å². The maximum atomic E-state index is 13.5. The number of halogens is 2. The molecule has 1 aromatic carbocycles. The number of aryl methyl sites for hydroxylation is 1. The molecule has 21 heavy (non-hydrogen) atoms. The SMILES string of the molecule is CC[C@@H](CCCc1ccc(F)cc1F)C[C@H](CN)C(=O)O. The molecule has 0 amide bonds. The highest BCUT2D eigenvalue weighted by molar-refractivity contribution is 5.70. The lowest BCUT2D eigenvalue weighted by atomic mass is 9.88. The van der Waals surface area contributed by atoms with Gasteiger partial charge in [-0.05, 0) is 36.8 Å². The average molecular weight is 299 g/mol. The second-order valence-corrected chi connectivity index (χ2v) is 5.41. The molecule has 5 heteroatoms. The Balaban J connectivity index is 2.46. The Hall–Kier alpha value is -1.49. The average Bonchev–Trinajstić information content (AvgIpc) is 2.44. The van der Waals surface area contributed by atoms with Gasteiger partial charge < -0.3 is 10.8 Å². The number of carboxylic acids is 1. The predicted molar refractivity (Wildman–Crippen MR) is 77.9 cm³/mol. The van der Waals surface area contributed by atoms with E-state index in [2.05, 4.69) is 0 Å². The molecule has 0 saturated carbocycles. The molecular weight excluding hydrogens is 276 g/mol. The first-order chi connectivity index (χ1) is 9.97. The Morgan fingerprint density at radius 3 is 2.62 bits per heavy atom. The van der Waals surface area contributed by atoms with Crippen LogP contribution in [0.1, 0.15) is 38.2 Å². The van der Waals surface area contributed by atoms with Crippen molar-refractivity contribution < 1.29 is 18.7 Å². The van der Waals surface area contributed by atoms with Crippen molar-refractivity contribution in [1.82, 2.24) is 0 Å². The number of carboxylic acid groups (broad SMARTS) is 1. The minimum absolute atomic E-state index is 0.137. The van der Waals surface area contributed by atoms with Crippen molar-refractivity contribution in [2.75, 3.05) is 6.54 Å². The molecule has 0 fully saturated rings. The normalized spacial score (nSPS) is 13.9. The summed E-state index contributed by atoms with van der Waals surface area (Å²) in [5.41, 5.74) is 5.96. The van der Waals surface area contributed by atoms with E-state index in [1.807, 2.05) is 6.92 Å². The maximum absolute atomic E-state index is 13.5. The summed E-state index contributed by atoms with van der Waals surface area (Å²) in [5, 5.41) is 9.02. The Morgan fingerprint density at radius 2 is 2.10 bits per heavy atom. The largest absolute Gasteiger partial charge is 0.481 e. The summed E-state index contributed by atoms with van der Waals surface area (Å²) in [6, 6.07) is 3.61. The fourth-order valence-electron chi connectivity index (χ4n) is 2.49. The van der Waals surface area contributed by atoms with Crippen LogP contribution in [0.3, 0.4) is 0 Å². The second kappa shape index (κ2) is 8.72. The maximum Gasteiger partial charge on any atom is 0.307 e. The van der Waals surface area contributed by atoms with Crippen LogP contribution in [0, 0.1) is 23.5 Å². The van der Waals surface area contributed by atoms with Crippen LogP contribution in [-0.4, -0.2) is 17.6 Å². The smallest absolute Gasteiger partial charge is 0.307 e. The lowest BCUT2D eigenvalue weighted by Crippen LogP contribution is -2.25. The van der Waals surface area contributed by atoms with Crippen LogP contribution < -0.4 is 5.73 Å². The fraction of sp³-hybridized carbons (Fsp3) is 0.562. The molecule has 3 N–H and O–H groups in total. The molecule has 0 bridgehead atoms. The van der Waals surface area contributed by atoms with Crippen LogP contribution in [0.25, 0.3) is 0 Å². The molecule has 0 aliphatic carbocycles. The van der Waals surface area contributed by atoms with Crippen molar-refractivity contribution >= 4 is 5.97 Å². The van der Waals surface area contributed by atoms with Crippen molar-refractivity contribution in [3.05, 3.63) is 35.4 Å². The quantitative estimate of drug-likeness (QED) is 0.735. The number of nitrogens with two attached hydrogens (primary N) is 1. The van der Waals surface area contributed by atoms with Gasteiger partial charge in [0.05, 0.1) is 5.92 Å². The minimum Gasteiger partial charge on any atom is -0.481 e. The summed E-state index contributed by atoms with van der Waals surface area (Å²) in [6.07, 6.45) is 3.52. The van der Waals surface area contributed by atoms with E-state index in [0.29, 0.717) is 18.4 Å². The van der Waals surface area contributed by atoms with Gasteiger partial charge in [-0.25, -0.2) is 8.78 Å². The van der Waals surface area contributed by atoms with Crippen LogP contribution >= 0.6 is 0 Å². The lowest BCUT2D eigenvalue weighted by molar-refractivity contribution is -0.142. The van der Waals surface area contributed by atoms with Gasteiger partial charge in [0, 0.05) is 12.6 Å². The molecule has 0 saturated heterocycles. The van der Waals surface area contributed by atoms with Crippen molar-refractivity contribution in [2.24, 2.45) is 17.6 Å². The zero-order chi connectivity index (χ0) is 15.8.